The van der Waals surface area contributed by atoms with Crippen molar-refractivity contribution in [3.05, 3.63) is 0 Å². The van der Waals surface area contributed by atoms with Gasteiger partial charge >= 0.3 is 0 Å². The van der Waals surface area contributed by atoms with Gasteiger partial charge in [-0.2, -0.15) is 0 Å². The van der Waals surface area contributed by atoms with Crippen LogP contribution in [0.5, 0.6) is 0 Å². The topological polar surface area (TPSA) is 64.3 Å². The van der Waals surface area contributed by atoms with Crippen molar-refractivity contribution in [1.82, 2.24) is 5.32 Å². The van der Waals surface area contributed by atoms with Gasteiger partial charge in [-0.1, -0.05) is 12.8 Å². The first-order valence-electron chi connectivity index (χ1n) is 6.46. The van der Waals surface area contributed by atoms with Crippen LogP contribution in [-0.2, 0) is 9.53 Å². The molecule has 1 rings (SSSR count). The molecule has 4 heteroatoms. The fourth-order valence-corrected chi connectivity index (χ4v) is 2.45. The van der Waals surface area contributed by atoms with E-state index in [4.69, 9.17) is 10.5 Å². The first kappa shape index (κ1) is 14.5. The van der Waals surface area contributed by atoms with Gasteiger partial charge in [-0.15, -0.1) is 0 Å². The molecule has 100 valence electrons. The number of rotatable bonds is 6. The third-order valence-corrected chi connectivity index (χ3v) is 3.71. The van der Waals surface area contributed by atoms with Crippen molar-refractivity contribution >= 4 is 5.91 Å². The Hall–Kier alpha value is -0.610. The van der Waals surface area contributed by atoms with E-state index in [0.29, 0.717) is 0 Å². The molecule has 17 heavy (non-hydrogen) atoms. The second-order valence-electron chi connectivity index (χ2n) is 5.85. The van der Waals surface area contributed by atoms with E-state index >= 15 is 0 Å². The molecule has 0 aliphatic heterocycles. The Balaban J connectivity index is 2.47. The summed E-state index contributed by atoms with van der Waals surface area (Å²) in [4.78, 5) is 11.8. The third kappa shape index (κ3) is 4.28. The summed E-state index contributed by atoms with van der Waals surface area (Å²) in [5.74, 6) is -0.0683. The highest BCUT2D eigenvalue weighted by molar-refractivity contribution is 5.85. The molecule has 1 amide bonds. The molecule has 3 N–H and O–H groups in total. The molecular formula is C13H26N2O2. The number of methoxy groups -OCH3 is 1. The summed E-state index contributed by atoms with van der Waals surface area (Å²) in [5, 5.41) is 2.99. The van der Waals surface area contributed by atoms with Gasteiger partial charge in [0.1, 0.15) is 0 Å². The summed E-state index contributed by atoms with van der Waals surface area (Å²) < 4.78 is 5.17. The minimum Gasteiger partial charge on any atom is -0.385 e. The van der Waals surface area contributed by atoms with Gasteiger partial charge in [-0.05, 0) is 38.5 Å². The van der Waals surface area contributed by atoms with E-state index in [2.05, 4.69) is 5.32 Å². The average molecular weight is 242 g/mol. The van der Waals surface area contributed by atoms with E-state index in [1.165, 1.54) is 25.7 Å². The van der Waals surface area contributed by atoms with Crippen LogP contribution in [0.2, 0.25) is 0 Å². The van der Waals surface area contributed by atoms with Crippen LogP contribution in [0.3, 0.4) is 0 Å². The molecule has 0 heterocycles. The Morgan fingerprint density at radius 2 is 2.00 bits per heavy atom. The molecule has 1 saturated carbocycles. The first-order chi connectivity index (χ1) is 7.90. The summed E-state index contributed by atoms with van der Waals surface area (Å²) in [6, 6.07) is 0. The van der Waals surface area contributed by atoms with Gasteiger partial charge in [0, 0.05) is 20.3 Å². The van der Waals surface area contributed by atoms with Crippen LogP contribution in [0.4, 0.5) is 0 Å². The number of hydrogen-bond donors (Lipinski definition) is 2. The standard InChI is InChI=1S/C13H26N2O2/c1-12(2,14)11(16)15-10-13(8-9-17-3)6-4-5-7-13/h4-10,14H2,1-3H3,(H,15,16). The van der Waals surface area contributed by atoms with Gasteiger partial charge in [0.25, 0.3) is 0 Å². The van der Waals surface area contributed by atoms with Crippen molar-refractivity contribution in [1.29, 1.82) is 0 Å². The van der Waals surface area contributed by atoms with Gasteiger partial charge in [0.2, 0.25) is 5.91 Å². The molecule has 1 fully saturated rings. The highest BCUT2D eigenvalue weighted by atomic mass is 16.5. The van der Waals surface area contributed by atoms with Crippen LogP contribution in [0.25, 0.3) is 0 Å². The number of amides is 1. The number of carbonyl (C=O) groups is 1. The number of ether oxygens (including phenoxy) is 1. The Bertz CT molecular complexity index is 253. The van der Waals surface area contributed by atoms with E-state index in [-0.39, 0.29) is 11.3 Å². The Morgan fingerprint density at radius 3 is 2.47 bits per heavy atom. The molecule has 0 aromatic heterocycles. The van der Waals surface area contributed by atoms with Crippen molar-refractivity contribution in [3.63, 3.8) is 0 Å². The minimum atomic E-state index is -0.791. The van der Waals surface area contributed by atoms with Gasteiger partial charge in [0.15, 0.2) is 0 Å². The predicted molar refractivity (Wildman–Crippen MR) is 68.7 cm³/mol. The molecule has 0 aromatic rings. The van der Waals surface area contributed by atoms with Crippen LogP contribution in [0, 0.1) is 5.41 Å². The maximum absolute atomic E-state index is 11.8. The van der Waals surface area contributed by atoms with Crippen molar-refractivity contribution in [3.8, 4) is 0 Å². The van der Waals surface area contributed by atoms with Crippen LogP contribution < -0.4 is 11.1 Å². The lowest BCUT2D eigenvalue weighted by molar-refractivity contribution is -0.125. The summed E-state index contributed by atoms with van der Waals surface area (Å²) in [6.45, 7) is 4.97. The van der Waals surface area contributed by atoms with E-state index in [1.807, 2.05) is 0 Å². The predicted octanol–water partition coefficient (Wildman–Crippen LogP) is 1.44. The highest BCUT2D eigenvalue weighted by Crippen LogP contribution is 2.40. The third-order valence-electron chi connectivity index (χ3n) is 3.71. The van der Waals surface area contributed by atoms with Crippen LogP contribution in [0.15, 0.2) is 0 Å². The van der Waals surface area contributed by atoms with E-state index in [0.717, 1.165) is 19.6 Å². The van der Waals surface area contributed by atoms with Crippen LogP contribution in [-0.4, -0.2) is 31.7 Å². The summed E-state index contributed by atoms with van der Waals surface area (Å²) in [6.07, 6.45) is 5.90. The van der Waals surface area contributed by atoms with E-state index in [1.54, 1.807) is 21.0 Å². The van der Waals surface area contributed by atoms with E-state index < -0.39 is 5.54 Å². The first-order valence-corrected chi connectivity index (χ1v) is 6.46. The maximum Gasteiger partial charge on any atom is 0.239 e. The van der Waals surface area contributed by atoms with Gasteiger partial charge in [0.05, 0.1) is 5.54 Å². The number of hydrogen-bond acceptors (Lipinski definition) is 3. The average Bonchev–Trinajstić information content (AvgIpc) is 2.71. The number of nitrogens with two attached hydrogens (primary N) is 1. The molecule has 0 spiro atoms. The maximum atomic E-state index is 11.8. The molecule has 0 aromatic carbocycles. The van der Waals surface area contributed by atoms with Crippen LogP contribution >= 0.6 is 0 Å². The van der Waals surface area contributed by atoms with Crippen LogP contribution in [0.1, 0.15) is 46.0 Å². The molecule has 0 saturated heterocycles. The fourth-order valence-electron chi connectivity index (χ4n) is 2.45. The second kappa shape index (κ2) is 5.83. The SMILES string of the molecule is COCCC1(CNC(=O)C(C)(C)N)CCCC1. The van der Waals surface area contributed by atoms with Gasteiger partial charge in [-0.3, -0.25) is 4.79 Å². The monoisotopic (exact) mass is 242 g/mol. The molecule has 0 atom stereocenters. The zero-order valence-electron chi connectivity index (χ0n) is 11.3. The zero-order valence-corrected chi connectivity index (χ0v) is 11.3. The van der Waals surface area contributed by atoms with E-state index in [9.17, 15) is 4.79 Å². The quantitative estimate of drug-likeness (QED) is 0.740. The summed E-state index contributed by atoms with van der Waals surface area (Å²) in [5.41, 5.74) is 5.21. The number of carbonyl (C=O) groups excluding carboxylic acids is 1. The lowest BCUT2D eigenvalue weighted by atomic mass is 9.82. The second-order valence-corrected chi connectivity index (χ2v) is 5.85. The molecular weight excluding hydrogens is 216 g/mol. The highest BCUT2D eigenvalue weighted by Gasteiger charge is 2.34. The largest absolute Gasteiger partial charge is 0.385 e. The number of nitrogens with one attached hydrogen (secondary N) is 1. The minimum absolute atomic E-state index is 0.0683. The molecule has 1 aliphatic rings. The normalized spacial score (nSPS) is 19.3. The lowest BCUT2D eigenvalue weighted by Gasteiger charge is -2.30. The molecule has 0 unspecified atom stereocenters. The molecule has 0 radical (unpaired) electrons. The fraction of sp³-hybridized carbons (Fsp3) is 0.923. The van der Waals surface area contributed by atoms with Gasteiger partial charge in [-0.25, -0.2) is 0 Å². The summed E-state index contributed by atoms with van der Waals surface area (Å²) in [7, 11) is 1.73. The Kier molecular flexibility index (Phi) is 4.95. The molecule has 0 bridgehead atoms. The van der Waals surface area contributed by atoms with Crippen molar-refractivity contribution in [2.45, 2.75) is 51.5 Å². The smallest absolute Gasteiger partial charge is 0.239 e. The van der Waals surface area contributed by atoms with Crippen molar-refractivity contribution in [2.75, 3.05) is 20.3 Å². The van der Waals surface area contributed by atoms with Crippen molar-refractivity contribution in [2.24, 2.45) is 11.1 Å². The molecule has 4 nitrogen and oxygen atoms in total. The Morgan fingerprint density at radius 1 is 1.41 bits per heavy atom. The molecule has 1 aliphatic carbocycles. The Labute approximate surface area is 104 Å². The lowest BCUT2D eigenvalue weighted by Crippen LogP contribution is -2.51. The van der Waals surface area contributed by atoms with Gasteiger partial charge < -0.3 is 15.8 Å². The summed E-state index contributed by atoms with van der Waals surface area (Å²) >= 11 is 0. The van der Waals surface area contributed by atoms with Crippen molar-refractivity contribution < 1.29 is 9.53 Å². The zero-order chi connectivity index (χ0) is 12.9.